The third-order valence-corrected chi connectivity index (χ3v) is 7.24. The monoisotopic (exact) mass is 543 g/mol. The lowest BCUT2D eigenvalue weighted by Crippen LogP contribution is -2.40. The van der Waals surface area contributed by atoms with Crippen molar-refractivity contribution in [3.63, 3.8) is 0 Å². The number of ketones is 1. The Kier molecular flexibility index (Phi) is 8.05. The predicted molar refractivity (Wildman–Crippen MR) is 156 cm³/mol. The molecule has 0 bridgehead atoms. The van der Waals surface area contributed by atoms with Crippen LogP contribution in [0.15, 0.2) is 97.1 Å². The van der Waals surface area contributed by atoms with Gasteiger partial charge in [-0.3, -0.25) is 4.79 Å². The Balaban J connectivity index is 0.00000353. The minimum absolute atomic E-state index is 0. The van der Waals surface area contributed by atoms with Crippen LogP contribution in [0.2, 0.25) is 0 Å². The molecule has 2 N–H and O–H groups in total. The van der Waals surface area contributed by atoms with E-state index in [1.807, 2.05) is 106 Å². The molecule has 0 fully saturated rings. The van der Waals surface area contributed by atoms with Crippen molar-refractivity contribution < 1.29 is 19.0 Å². The van der Waals surface area contributed by atoms with Gasteiger partial charge in [-0.15, -0.1) is 12.4 Å². The number of aryl methyl sites for hydroxylation is 1. The van der Waals surface area contributed by atoms with Gasteiger partial charge in [0.05, 0.1) is 12.7 Å². The number of fused-ring (bicyclic) bond motifs is 1. The summed E-state index contributed by atoms with van der Waals surface area (Å²) in [5.74, 6) is -0.176. The number of carbonyl (C=O) groups excluding carboxylic acids is 1. The van der Waals surface area contributed by atoms with Gasteiger partial charge in [0, 0.05) is 29.0 Å². The maximum atomic E-state index is 13.8. The highest BCUT2D eigenvalue weighted by Gasteiger charge is 2.47. The Morgan fingerprint density at radius 1 is 0.872 bits per heavy atom. The Labute approximate surface area is 236 Å². The summed E-state index contributed by atoms with van der Waals surface area (Å²) in [7, 11) is 1.55. The van der Waals surface area contributed by atoms with E-state index < -0.39 is 11.3 Å². The summed E-state index contributed by atoms with van der Waals surface area (Å²) in [6.07, 6.45) is 0.229. The lowest BCUT2D eigenvalue weighted by molar-refractivity contribution is -0.0467. The van der Waals surface area contributed by atoms with Crippen molar-refractivity contribution in [1.29, 1.82) is 0 Å². The first-order chi connectivity index (χ1) is 18.2. The highest BCUT2D eigenvalue weighted by Crippen LogP contribution is 2.53. The number of ether oxygens (including phenoxy) is 3. The van der Waals surface area contributed by atoms with Gasteiger partial charge in [-0.2, -0.15) is 0 Å². The normalized spacial score (nSPS) is 14.3. The molecule has 1 heterocycles. The molecule has 0 saturated heterocycles. The average molecular weight is 544 g/mol. The van der Waals surface area contributed by atoms with E-state index in [9.17, 15) is 4.79 Å². The number of methoxy groups -OCH3 is 1. The second kappa shape index (κ2) is 11.1. The van der Waals surface area contributed by atoms with Crippen molar-refractivity contribution in [1.82, 2.24) is 0 Å². The zero-order valence-electron chi connectivity index (χ0n) is 22.6. The molecule has 39 heavy (non-hydrogen) atoms. The highest BCUT2D eigenvalue weighted by atomic mass is 35.5. The van der Waals surface area contributed by atoms with Crippen LogP contribution in [0.5, 0.6) is 17.2 Å². The third kappa shape index (κ3) is 5.25. The van der Waals surface area contributed by atoms with Crippen LogP contribution in [0.4, 0.5) is 0 Å². The fraction of sp³-hybridized carbons (Fsp3) is 0.242. The first-order valence-corrected chi connectivity index (χ1v) is 12.8. The van der Waals surface area contributed by atoms with E-state index in [1.54, 1.807) is 19.2 Å². The summed E-state index contributed by atoms with van der Waals surface area (Å²) in [4.78, 5) is 13.8. The topological polar surface area (TPSA) is 70.8 Å². The molecule has 0 radical (unpaired) electrons. The van der Waals surface area contributed by atoms with Crippen molar-refractivity contribution >= 4 is 18.2 Å². The zero-order chi connectivity index (χ0) is 26.9. The van der Waals surface area contributed by atoms with Gasteiger partial charge in [0.1, 0.15) is 0 Å². The summed E-state index contributed by atoms with van der Waals surface area (Å²) in [6, 6.07) is 31.2. The Bertz CT molecular complexity index is 1410. The quantitative estimate of drug-likeness (QED) is 0.238. The van der Waals surface area contributed by atoms with Crippen LogP contribution >= 0.6 is 12.4 Å². The van der Waals surface area contributed by atoms with Gasteiger partial charge in [0.2, 0.25) is 5.75 Å². The van der Waals surface area contributed by atoms with Gasteiger partial charge in [0.15, 0.2) is 17.3 Å². The molecule has 1 aliphatic rings. The highest BCUT2D eigenvalue weighted by molar-refractivity contribution is 6.00. The minimum Gasteiger partial charge on any atom is -0.492 e. The molecule has 5 nitrogen and oxygen atoms in total. The molecule has 4 aromatic rings. The van der Waals surface area contributed by atoms with Crippen LogP contribution in [-0.4, -0.2) is 18.4 Å². The summed E-state index contributed by atoms with van der Waals surface area (Å²) in [5, 5.41) is 0. The van der Waals surface area contributed by atoms with Crippen LogP contribution in [0.3, 0.4) is 0 Å². The molecule has 6 heteroatoms. The Hall–Kier alpha value is -3.80. The van der Waals surface area contributed by atoms with Crippen molar-refractivity contribution in [2.24, 2.45) is 5.73 Å². The fourth-order valence-electron chi connectivity index (χ4n) is 5.23. The summed E-state index contributed by atoms with van der Waals surface area (Å²) in [6.45, 7) is 5.97. The average Bonchev–Trinajstić information content (AvgIpc) is 3.33. The molecule has 0 saturated carbocycles. The first kappa shape index (κ1) is 28.2. The molecule has 0 amide bonds. The first-order valence-electron chi connectivity index (χ1n) is 12.8. The standard InChI is InChI=1S/C33H33NO4.ClH/c1-22-13-11-12-18-25(22)27(32(2,3)34)21-28(35)26-19-20-29-31(30(26)36-4)38-33(37-29,23-14-7-5-8-15-23)24-16-9-6-10-17-24;/h5-20,27H,21,34H2,1-4H3;1H. The number of Topliss-reactive ketones (excluding diaryl/α,β-unsaturated/α-hetero) is 1. The van der Waals surface area contributed by atoms with Crippen molar-refractivity contribution in [2.45, 2.75) is 44.4 Å². The molecular formula is C33H34ClNO4. The molecular weight excluding hydrogens is 510 g/mol. The van der Waals surface area contributed by atoms with Gasteiger partial charge in [-0.05, 0) is 44.0 Å². The van der Waals surface area contributed by atoms with Crippen LogP contribution < -0.4 is 19.9 Å². The van der Waals surface area contributed by atoms with Crippen molar-refractivity contribution in [2.75, 3.05) is 7.11 Å². The molecule has 1 atom stereocenters. The second-order valence-electron chi connectivity index (χ2n) is 10.4. The van der Waals surface area contributed by atoms with Gasteiger partial charge in [-0.25, -0.2) is 0 Å². The van der Waals surface area contributed by atoms with E-state index in [4.69, 9.17) is 19.9 Å². The second-order valence-corrected chi connectivity index (χ2v) is 10.4. The van der Waals surface area contributed by atoms with Crippen LogP contribution in [0, 0.1) is 6.92 Å². The third-order valence-electron chi connectivity index (χ3n) is 7.24. The molecule has 1 aliphatic heterocycles. The summed E-state index contributed by atoms with van der Waals surface area (Å²) in [5.41, 5.74) is 10.3. The smallest absolute Gasteiger partial charge is 0.305 e. The molecule has 5 rings (SSSR count). The summed E-state index contributed by atoms with van der Waals surface area (Å²) >= 11 is 0. The Morgan fingerprint density at radius 2 is 1.44 bits per heavy atom. The largest absolute Gasteiger partial charge is 0.492 e. The van der Waals surface area contributed by atoms with Gasteiger partial charge in [0.25, 0.3) is 0 Å². The SMILES string of the molecule is COc1c(C(=O)CC(c2ccccc2C)C(C)(C)N)ccc2c1OC(c1ccccc1)(c1ccccc1)O2.Cl. The molecule has 4 aromatic carbocycles. The fourth-order valence-corrected chi connectivity index (χ4v) is 5.23. The number of hydrogen-bond donors (Lipinski definition) is 1. The van der Waals surface area contributed by atoms with E-state index in [2.05, 4.69) is 0 Å². The molecule has 0 aromatic heterocycles. The van der Waals surface area contributed by atoms with Crippen molar-refractivity contribution in [3.05, 3.63) is 125 Å². The van der Waals surface area contributed by atoms with E-state index >= 15 is 0 Å². The maximum absolute atomic E-state index is 13.8. The van der Waals surface area contributed by atoms with Crippen LogP contribution in [-0.2, 0) is 5.79 Å². The number of nitrogens with two attached hydrogens (primary N) is 1. The number of benzene rings is 4. The minimum atomic E-state index is -1.21. The van der Waals surface area contributed by atoms with E-state index in [0.717, 1.165) is 22.3 Å². The van der Waals surface area contributed by atoms with Gasteiger partial charge < -0.3 is 19.9 Å². The van der Waals surface area contributed by atoms with Crippen LogP contribution in [0.1, 0.15) is 58.8 Å². The zero-order valence-corrected chi connectivity index (χ0v) is 23.5. The van der Waals surface area contributed by atoms with E-state index in [-0.39, 0.29) is 30.5 Å². The van der Waals surface area contributed by atoms with E-state index in [0.29, 0.717) is 22.8 Å². The van der Waals surface area contributed by atoms with E-state index in [1.165, 1.54) is 0 Å². The van der Waals surface area contributed by atoms with Crippen LogP contribution in [0.25, 0.3) is 0 Å². The number of carbonyl (C=O) groups is 1. The number of hydrogen-bond acceptors (Lipinski definition) is 5. The Morgan fingerprint density at radius 3 is 1.97 bits per heavy atom. The molecule has 0 spiro atoms. The lowest BCUT2D eigenvalue weighted by Gasteiger charge is -2.32. The summed E-state index contributed by atoms with van der Waals surface area (Å²) < 4.78 is 19.0. The van der Waals surface area contributed by atoms with Crippen molar-refractivity contribution in [3.8, 4) is 17.2 Å². The molecule has 202 valence electrons. The lowest BCUT2D eigenvalue weighted by atomic mass is 9.77. The number of halogens is 1. The van der Waals surface area contributed by atoms with Gasteiger partial charge in [-0.1, -0.05) is 84.9 Å². The molecule has 0 aliphatic carbocycles. The maximum Gasteiger partial charge on any atom is 0.305 e. The predicted octanol–water partition coefficient (Wildman–Crippen LogP) is 7.19. The number of rotatable bonds is 8. The van der Waals surface area contributed by atoms with Gasteiger partial charge >= 0.3 is 5.79 Å². The molecule has 1 unspecified atom stereocenters.